The predicted molar refractivity (Wildman–Crippen MR) is 61.0 cm³/mol. The molecule has 1 aromatic carbocycles. The van der Waals surface area contributed by atoms with Crippen LogP contribution < -0.4 is 0 Å². The molecule has 0 aliphatic heterocycles. The number of phenolic OH excluding ortho intramolecular Hbond substituents is 1. The number of aryl methyl sites for hydroxylation is 1. The average Bonchev–Trinajstić information content (AvgIpc) is 2.25. The van der Waals surface area contributed by atoms with Gasteiger partial charge in [0.15, 0.2) is 0 Å². The number of hydrogen-bond donors (Lipinski definition) is 2. The van der Waals surface area contributed by atoms with E-state index in [1.807, 2.05) is 0 Å². The highest BCUT2D eigenvalue weighted by Gasteiger charge is 2.12. The molecular weight excluding hydrogens is 224 g/mol. The van der Waals surface area contributed by atoms with E-state index in [4.69, 9.17) is 9.47 Å². The summed E-state index contributed by atoms with van der Waals surface area (Å²) in [5, 5.41) is 18.6. The van der Waals surface area contributed by atoms with Crippen molar-refractivity contribution < 1.29 is 24.5 Å². The molecule has 5 nitrogen and oxygen atoms in total. The smallest absolute Gasteiger partial charge is 0.338 e. The van der Waals surface area contributed by atoms with Crippen LogP contribution in [0.2, 0.25) is 0 Å². The summed E-state index contributed by atoms with van der Waals surface area (Å²) >= 11 is 0. The molecule has 5 heteroatoms. The molecule has 0 aliphatic rings. The normalized spacial score (nSPS) is 12.2. The molecule has 1 rings (SSSR count). The Balaban J connectivity index is 2.58. The van der Waals surface area contributed by atoms with E-state index in [1.165, 1.54) is 19.2 Å². The van der Waals surface area contributed by atoms with E-state index in [1.54, 1.807) is 13.0 Å². The van der Waals surface area contributed by atoms with Crippen LogP contribution in [-0.4, -0.2) is 42.6 Å². The maximum absolute atomic E-state index is 11.6. The zero-order valence-electron chi connectivity index (χ0n) is 9.84. The molecule has 1 aromatic rings. The third kappa shape index (κ3) is 4.42. The first-order valence-corrected chi connectivity index (χ1v) is 5.17. The lowest BCUT2D eigenvalue weighted by molar-refractivity contribution is 0.000118. The zero-order chi connectivity index (χ0) is 12.8. The van der Waals surface area contributed by atoms with Gasteiger partial charge in [0.1, 0.15) is 18.5 Å². The Bertz CT molecular complexity index is 368. The van der Waals surface area contributed by atoms with Crippen LogP contribution in [0.4, 0.5) is 0 Å². The molecule has 0 aliphatic carbocycles. The van der Waals surface area contributed by atoms with Gasteiger partial charge in [-0.25, -0.2) is 4.79 Å². The first kappa shape index (κ1) is 13.5. The van der Waals surface area contributed by atoms with Crippen molar-refractivity contribution in [2.75, 3.05) is 20.3 Å². The number of carbonyl (C=O) groups excluding carboxylic acids is 1. The summed E-state index contributed by atoms with van der Waals surface area (Å²) in [6.45, 7) is 1.73. The van der Waals surface area contributed by atoms with Crippen LogP contribution in [0.1, 0.15) is 15.9 Å². The highest BCUT2D eigenvalue weighted by Crippen LogP contribution is 2.15. The zero-order valence-corrected chi connectivity index (χ0v) is 9.84. The molecule has 2 N–H and O–H groups in total. The van der Waals surface area contributed by atoms with E-state index in [2.05, 4.69) is 0 Å². The molecule has 0 heterocycles. The number of phenols is 1. The third-order valence-corrected chi connectivity index (χ3v) is 2.06. The predicted octanol–water partition coefficient (Wildman–Crippen LogP) is 0.865. The number of aliphatic hydroxyl groups is 1. The summed E-state index contributed by atoms with van der Waals surface area (Å²) in [6.07, 6.45) is -0.845. The quantitative estimate of drug-likeness (QED) is 0.747. The molecule has 0 bridgehead atoms. The van der Waals surface area contributed by atoms with Gasteiger partial charge in [-0.15, -0.1) is 0 Å². The average molecular weight is 240 g/mol. The maximum Gasteiger partial charge on any atom is 0.338 e. The number of aliphatic hydroxyl groups excluding tert-OH is 1. The Kier molecular flexibility index (Phi) is 4.93. The van der Waals surface area contributed by atoms with Gasteiger partial charge in [-0.3, -0.25) is 0 Å². The SMILES string of the molecule is COCC(O)COC(=O)c1cc(C)cc(O)c1. The first-order chi connectivity index (χ1) is 8.02. The molecule has 1 atom stereocenters. The summed E-state index contributed by atoms with van der Waals surface area (Å²) in [5.41, 5.74) is 1.02. The second-order valence-corrected chi connectivity index (χ2v) is 3.76. The molecular formula is C12H16O5. The second-order valence-electron chi connectivity index (χ2n) is 3.76. The van der Waals surface area contributed by atoms with Gasteiger partial charge in [0.05, 0.1) is 12.2 Å². The largest absolute Gasteiger partial charge is 0.508 e. The fraction of sp³-hybridized carbons (Fsp3) is 0.417. The molecule has 0 saturated heterocycles. The fourth-order valence-corrected chi connectivity index (χ4v) is 1.38. The summed E-state index contributed by atoms with van der Waals surface area (Å²) in [4.78, 5) is 11.6. The van der Waals surface area contributed by atoms with Crippen molar-refractivity contribution in [3.05, 3.63) is 29.3 Å². The summed E-state index contributed by atoms with van der Waals surface area (Å²) < 4.78 is 9.57. The molecule has 1 unspecified atom stereocenters. The lowest BCUT2D eigenvalue weighted by Crippen LogP contribution is -2.23. The van der Waals surface area contributed by atoms with E-state index in [0.29, 0.717) is 0 Å². The van der Waals surface area contributed by atoms with Gasteiger partial charge in [0.2, 0.25) is 0 Å². The lowest BCUT2D eigenvalue weighted by atomic mass is 10.1. The van der Waals surface area contributed by atoms with Crippen molar-refractivity contribution in [1.29, 1.82) is 0 Å². The van der Waals surface area contributed by atoms with Crippen LogP contribution in [0.15, 0.2) is 18.2 Å². The number of ether oxygens (including phenoxy) is 2. The number of methoxy groups -OCH3 is 1. The molecule has 0 fully saturated rings. The van der Waals surface area contributed by atoms with Crippen LogP contribution >= 0.6 is 0 Å². The summed E-state index contributed by atoms with van der Waals surface area (Å²) in [7, 11) is 1.45. The van der Waals surface area contributed by atoms with Gasteiger partial charge in [-0.2, -0.15) is 0 Å². The fourth-order valence-electron chi connectivity index (χ4n) is 1.38. The lowest BCUT2D eigenvalue weighted by Gasteiger charge is -2.10. The monoisotopic (exact) mass is 240 g/mol. The Morgan fingerprint density at radius 3 is 2.65 bits per heavy atom. The molecule has 0 radical (unpaired) electrons. The second kappa shape index (κ2) is 6.22. The Hall–Kier alpha value is -1.59. The Morgan fingerprint density at radius 2 is 2.06 bits per heavy atom. The molecule has 0 aromatic heterocycles. The number of benzene rings is 1. The van der Waals surface area contributed by atoms with Crippen LogP contribution in [0, 0.1) is 6.92 Å². The van der Waals surface area contributed by atoms with E-state index >= 15 is 0 Å². The third-order valence-electron chi connectivity index (χ3n) is 2.06. The molecule has 94 valence electrons. The molecule has 0 spiro atoms. The van der Waals surface area contributed by atoms with E-state index in [9.17, 15) is 15.0 Å². The van der Waals surface area contributed by atoms with Crippen molar-refractivity contribution in [3.63, 3.8) is 0 Å². The number of aromatic hydroxyl groups is 1. The van der Waals surface area contributed by atoms with Crippen molar-refractivity contribution in [1.82, 2.24) is 0 Å². The van der Waals surface area contributed by atoms with Crippen molar-refractivity contribution in [3.8, 4) is 5.75 Å². The number of carbonyl (C=O) groups is 1. The Morgan fingerprint density at radius 1 is 1.35 bits per heavy atom. The van der Waals surface area contributed by atoms with Gasteiger partial charge in [0, 0.05) is 7.11 Å². The van der Waals surface area contributed by atoms with Gasteiger partial charge >= 0.3 is 5.97 Å². The van der Waals surface area contributed by atoms with Crippen molar-refractivity contribution in [2.24, 2.45) is 0 Å². The van der Waals surface area contributed by atoms with Crippen molar-refractivity contribution in [2.45, 2.75) is 13.0 Å². The van der Waals surface area contributed by atoms with Crippen molar-refractivity contribution >= 4 is 5.97 Å². The summed E-state index contributed by atoms with van der Waals surface area (Å²) in [6, 6.07) is 4.46. The number of hydrogen-bond acceptors (Lipinski definition) is 5. The first-order valence-electron chi connectivity index (χ1n) is 5.17. The van der Waals surface area contributed by atoms with E-state index in [0.717, 1.165) is 5.56 Å². The highest BCUT2D eigenvalue weighted by molar-refractivity contribution is 5.90. The van der Waals surface area contributed by atoms with Crippen LogP contribution in [-0.2, 0) is 9.47 Å². The van der Waals surface area contributed by atoms with E-state index in [-0.39, 0.29) is 24.5 Å². The minimum Gasteiger partial charge on any atom is -0.508 e. The van der Waals surface area contributed by atoms with Gasteiger partial charge < -0.3 is 19.7 Å². The number of rotatable bonds is 5. The maximum atomic E-state index is 11.6. The Labute approximate surface area is 99.6 Å². The minimum atomic E-state index is -0.845. The standard InChI is InChI=1S/C12H16O5/c1-8-3-9(5-10(13)4-8)12(15)17-7-11(14)6-16-2/h3-5,11,13-14H,6-7H2,1-2H3. The number of esters is 1. The van der Waals surface area contributed by atoms with Gasteiger partial charge in [-0.1, -0.05) is 0 Å². The van der Waals surface area contributed by atoms with Gasteiger partial charge in [-0.05, 0) is 30.7 Å². The highest BCUT2D eigenvalue weighted by atomic mass is 16.5. The van der Waals surface area contributed by atoms with Crippen LogP contribution in [0.3, 0.4) is 0 Å². The van der Waals surface area contributed by atoms with E-state index < -0.39 is 12.1 Å². The molecule has 0 saturated carbocycles. The molecule has 17 heavy (non-hydrogen) atoms. The molecule has 0 amide bonds. The topological polar surface area (TPSA) is 76.0 Å². The van der Waals surface area contributed by atoms with Crippen LogP contribution in [0.5, 0.6) is 5.75 Å². The van der Waals surface area contributed by atoms with Gasteiger partial charge in [0.25, 0.3) is 0 Å². The summed E-state index contributed by atoms with van der Waals surface area (Å²) in [5.74, 6) is -0.575. The van der Waals surface area contributed by atoms with Crippen LogP contribution in [0.25, 0.3) is 0 Å². The minimum absolute atomic E-state index is 0.00869.